The Morgan fingerprint density at radius 1 is 1.29 bits per heavy atom. The predicted molar refractivity (Wildman–Crippen MR) is 87.7 cm³/mol. The number of anilines is 1. The van der Waals surface area contributed by atoms with Gasteiger partial charge in [-0.2, -0.15) is 0 Å². The second-order valence-electron chi connectivity index (χ2n) is 5.71. The quantitative estimate of drug-likeness (QED) is 0.883. The van der Waals surface area contributed by atoms with Crippen LogP contribution in [0.3, 0.4) is 0 Å². The Bertz CT molecular complexity index is 647. The van der Waals surface area contributed by atoms with E-state index in [4.69, 9.17) is 4.98 Å². The van der Waals surface area contributed by atoms with Gasteiger partial charge in [0, 0.05) is 36.3 Å². The van der Waals surface area contributed by atoms with E-state index in [1.165, 1.54) is 30.0 Å². The number of nitrogens with zero attached hydrogens (tertiary/aromatic N) is 3. The van der Waals surface area contributed by atoms with E-state index in [1.807, 2.05) is 0 Å². The Kier molecular flexibility index (Phi) is 3.39. The number of imidazole rings is 1. The van der Waals surface area contributed by atoms with Crippen LogP contribution in [0, 0.1) is 0 Å². The van der Waals surface area contributed by atoms with Crippen LogP contribution in [0.25, 0.3) is 11.3 Å². The number of likely N-dealkylation sites (tertiary alicyclic amines) is 1. The van der Waals surface area contributed by atoms with E-state index in [2.05, 4.69) is 51.5 Å². The van der Waals surface area contributed by atoms with Crippen molar-refractivity contribution in [3.63, 3.8) is 0 Å². The third-order valence-electron chi connectivity index (χ3n) is 4.41. The minimum atomic E-state index is 0.471. The Morgan fingerprint density at radius 2 is 2.19 bits per heavy atom. The number of hydrogen-bond acceptors (Lipinski definition) is 4. The molecule has 4 nitrogen and oxygen atoms in total. The highest BCUT2D eigenvalue weighted by Crippen LogP contribution is 2.28. The zero-order valence-electron chi connectivity index (χ0n) is 12.2. The van der Waals surface area contributed by atoms with Gasteiger partial charge in [0.1, 0.15) is 0 Å². The molecule has 0 saturated carbocycles. The fraction of sp³-hybridized carbons (Fsp3) is 0.438. The first-order valence-corrected chi connectivity index (χ1v) is 8.78. The molecule has 1 N–H and O–H groups in total. The average Bonchev–Trinajstić information content (AvgIpc) is 2.89. The van der Waals surface area contributed by atoms with Gasteiger partial charge in [-0.3, -0.25) is 4.90 Å². The van der Waals surface area contributed by atoms with Gasteiger partial charge in [-0.15, -0.1) is 11.8 Å². The molecule has 1 saturated heterocycles. The lowest BCUT2D eigenvalue weighted by molar-refractivity contribution is 0.119. The summed E-state index contributed by atoms with van der Waals surface area (Å²) in [5.41, 5.74) is 2.27. The Balaban J connectivity index is 1.60. The van der Waals surface area contributed by atoms with Crippen LogP contribution in [0.15, 0.2) is 35.4 Å². The summed E-state index contributed by atoms with van der Waals surface area (Å²) in [4.78, 5) is 8.59. The van der Waals surface area contributed by atoms with Gasteiger partial charge in [-0.05, 0) is 31.2 Å². The van der Waals surface area contributed by atoms with E-state index >= 15 is 0 Å². The molecule has 0 radical (unpaired) electrons. The number of thioether (sulfide) groups is 1. The fourth-order valence-corrected chi connectivity index (χ4v) is 3.49. The second kappa shape index (κ2) is 5.39. The largest absolute Gasteiger partial charge is 0.340 e. The number of hydrogen-bond donors (Lipinski definition) is 1. The topological polar surface area (TPSA) is 33.1 Å². The van der Waals surface area contributed by atoms with E-state index in [0.29, 0.717) is 6.17 Å². The molecule has 1 aromatic carbocycles. The summed E-state index contributed by atoms with van der Waals surface area (Å²) in [6, 6.07) is 8.60. The van der Waals surface area contributed by atoms with Crippen molar-refractivity contribution < 1.29 is 0 Å². The van der Waals surface area contributed by atoms with Crippen molar-refractivity contribution in [2.75, 3.05) is 24.7 Å². The molecule has 0 bridgehead atoms. The van der Waals surface area contributed by atoms with Gasteiger partial charge in [0.05, 0.1) is 11.9 Å². The molecule has 2 aliphatic rings. The number of nitrogens with one attached hydrogen (secondary N) is 1. The van der Waals surface area contributed by atoms with Crippen LogP contribution in [-0.2, 0) is 6.54 Å². The molecule has 1 fully saturated rings. The molecule has 3 heterocycles. The van der Waals surface area contributed by atoms with Crippen molar-refractivity contribution in [3.8, 4) is 11.3 Å². The molecule has 1 aromatic heterocycles. The summed E-state index contributed by atoms with van der Waals surface area (Å²) in [6.45, 7) is 3.50. The van der Waals surface area contributed by atoms with Gasteiger partial charge in [-0.25, -0.2) is 4.98 Å². The molecular weight excluding hydrogens is 280 g/mol. The third kappa shape index (κ3) is 2.45. The van der Waals surface area contributed by atoms with Crippen molar-refractivity contribution >= 4 is 17.7 Å². The van der Waals surface area contributed by atoms with Gasteiger partial charge in [-0.1, -0.05) is 12.1 Å². The van der Waals surface area contributed by atoms with Gasteiger partial charge in [0.2, 0.25) is 5.95 Å². The van der Waals surface area contributed by atoms with Crippen molar-refractivity contribution in [1.82, 2.24) is 14.5 Å². The van der Waals surface area contributed by atoms with Crippen molar-refractivity contribution in [1.29, 1.82) is 0 Å². The summed E-state index contributed by atoms with van der Waals surface area (Å²) in [5.74, 6) is 1.02. The van der Waals surface area contributed by atoms with Crippen LogP contribution in [0.4, 0.5) is 5.95 Å². The summed E-state index contributed by atoms with van der Waals surface area (Å²) >= 11 is 1.77. The number of rotatable bonds is 3. The van der Waals surface area contributed by atoms with E-state index in [0.717, 1.165) is 24.6 Å². The maximum atomic E-state index is 4.80. The van der Waals surface area contributed by atoms with Gasteiger partial charge in [0.25, 0.3) is 0 Å². The predicted octanol–water partition coefficient (Wildman–Crippen LogP) is 3.12. The second-order valence-corrected chi connectivity index (χ2v) is 6.59. The highest BCUT2D eigenvalue weighted by molar-refractivity contribution is 7.98. The molecule has 0 spiro atoms. The zero-order valence-corrected chi connectivity index (χ0v) is 13.1. The molecule has 21 heavy (non-hydrogen) atoms. The molecule has 2 aromatic rings. The molecular formula is C16H20N4S. The van der Waals surface area contributed by atoms with E-state index in [-0.39, 0.29) is 0 Å². The number of aryl methyl sites for hydroxylation is 1. The molecule has 4 rings (SSSR count). The fourth-order valence-electron chi connectivity index (χ4n) is 3.03. The van der Waals surface area contributed by atoms with Crippen molar-refractivity contribution in [2.24, 2.45) is 0 Å². The lowest BCUT2D eigenvalue weighted by Gasteiger charge is -2.40. The van der Waals surface area contributed by atoms with Gasteiger partial charge < -0.3 is 9.88 Å². The molecule has 5 heteroatoms. The molecule has 0 amide bonds. The number of fused-ring (bicyclic) bond motifs is 1. The standard InChI is InChI=1S/C16H20N4S/c1-21-13-5-2-4-12(10-13)14-11-20-9-6-15(18-16(20)17-14)19-7-3-8-19/h2,4-5,10-11,15H,3,6-9H2,1H3,(H,17,18). The summed E-state index contributed by atoms with van der Waals surface area (Å²) in [7, 11) is 0. The highest BCUT2D eigenvalue weighted by Gasteiger charge is 2.28. The minimum absolute atomic E-state index is 0.471. The summed E-state index contributed by atoms with van der Waals surface area (Å²) < 4.78 is 2.25. The minimum Gasteiger partial charge on any atom is -0.340 e. The Labute approximate surface area is 129 Å². The Morgan fingerprint density at radius 3 is 2.95 bits per heavy atom. The van der Waals surface area contributed by atoms with Crippen LogP contribution in [-0.4, -0.2) is 40.0 Å². The summed E-state index contributed by atoms with van der Waals surface area (Å²) in [6.07, 6.45) is 7.25. The molecule has 1 unspecified atom stereocenters. The van der Waals surface area contributed by atoms with E-state index < -0.39 is 0 Å². The average molecular weight is 300 g/mol. The molecule has 1 atom stereocenters. The summed E-state index contributed by atoms with van der Waals surface area (Å²) in [5, 5.41) is 3.59. The normalized spacial score (nSPS) is 21.5. The van der Waals surface area contributed by atoms with Crippen LogP contribution >= 0.6 is 11.8 Å². The van der Waals surface area contributed by atoms with Gasteiger partial charge >= 0.3 is 0 Å². The SMILES string of the molecule is CSc1cccc(-c2cn3c(n2)NC(N2CCC2)CC3)c1. The van der Waals surface area contributed by atoms with Crippen LogP contribution in [0.2, 0.25) is 0 Å². The zero-order chi connectivity index (χ0) is 14.2. The number of aromatic nitrogens is 2. The first-order chi connectivity index (χ1) is 10.3. The maximum Gasteiger partial charge on any atom is 0.204 e. The molecule has 110 valence electrons. The molecule has 0 aliphatic carbocycles. The van der Waals surface area contributed by atoms with Crippen LogP contribution in [0.5, 0.6) is 0 Å². The first-order valence-electron chi connectivity index (χ1n) is 7.56. The highest BCUT2D eigenvalue weighted by atomic mass is 32.2. The maximum absolute atomic E-state index is 4.80. The van der Waals surface area contributed by atoms with Crippen molar-refractivity contribution in [3.05, 3.63) is 30.5 Å². The van der Waals surface area contributed by atoms with Crippen LogP contribution < -0.4 is 5.32 Å². The Hall–Kier alpha value is -1.46. The lowest BCUT2D eigenvalue weighted by Crippen LogP contribution is -2.51. The smallest absolute Gasteiger partial charge is 0.204 e. The number of benzene rings is 1. The van der Waals surface area contributed by atoms with E-state index in [9.17, 15) is 0 Å². The van der Waals surface area contributed by atoms with E-state index in [1.54, 1.807) is 11.8 Å². The van der Waals surface area contributed by atoms with Crippen LogP contribution in [0.1, 0.15) is 12.8 Å². The van der Waals surface area contributed by atoms with Gasteiger partial charge in [0.15, 0.2) is 0 Å². The van der Waals surface area contributed by atoms with Crippen molar-refractivity contribution in [2.45, 2.75) is 30.4 Å². The lowest BCUT2D eigenvalue weighted by atomic mass is 10.1. The monoisotopic (exact) mass is 300 g/mol. The third-order valence-corrected chi connectivity index (χ3v) is 5.14. The first kappa shape index (κ1) is 13.2. The molecule has 2 aliphatic heterocycles.